The van der Waals surface area contributed by atoms with Crippen LogP contribution < -0.4 is 4.57 Å². The smallest absolute Gasteiger partial charge is 0.462 e. The molecule has 0 amide bonds. The Kier molecular flexibility index (Phi) is 14.5. The standard InChI is InChI=1S/C18H30NO2.C2F6NO4S2/c1-3-5-7-9-13-19-14-11-12-17(16-19)18(20)21-15-10-8-6-4-2;3-1(4,5)14(10,11)9-15(12,13)2(6,7)8/h11-12,14,16H,3-10,13,15H2,1-2H3;/q+1;-1. The second kappa shape index (κ2) is 15.3. The maximum Gasteiger partial charge on any atom is 0.480 e. The van der Waals surface area contributed by atoms with Gasteiger partial charge in [-0.1, -0.05) is 46.0 Å². The van der Waals surface area contributed by atoms with Crippen molar-refractivity contribution in [1.29, 1.82) is 0 Å². The summed E-state index contributed by atoms with van der Waals surface area (Å²) in [4.78, 5) is 12.0. The van der Waals surface area contributed by atoms with Crippen molar-refractivity contribution in [3.63, 3.8) is 0 Å². The van der Waals surface area contributed by atoms with Crippen molar-refractivity contribution >= 4 is 26.0 Å². The minimum absolute atomic E-state index is 0.200. The molecule has 0 bridgehead atoms. The zero-order valence-electron chi connectivity index (χ0n) is 19.8. The van der Waals surface area contributed by atoms with E-state index in [1.165, 1.54) is 32.1 Å². The lowest BCUT2D eigenvalue weighted by molar-refractivity contribution is -0.697. The molecule has 1 rings (SSSR count). The lowest BCUT2D eigenvalue weighted by Gasteiger charge is -2.22. The van der Waals surface area contributed by atoms with E-state index < -0.39 is 31.1 Å². The molecular formula is C20H30F6N2O6S2. The van der Waals surface area contributed by atoms with E-state index in [2.05, 4.69) is 18.4 Å². The highest BCUT2D eigenvalue weighted by Crippen LogP contribution is 2.36. The van der Waals surface area contributed by atoms with Crippen molar-refractivity contribution in [2.24, 2.45) is 0 Å². The predicted molar refractivity (Wildman–Crippen MR) is 119 cm³/mol. The van der Waals surface area contributed by atoms with Crippen LogP contribution in [-0.2, 0) is 31.3 Å². The minimum Gasteiger partial charge on any atom is -0.462 e. The van der Waals surface area contributed by atoms with Crippen molar-refractivity contribution < 1.29 is 57.3 Å². The molecule has 0 aliphatic heterocycles. The first-order chi connectivity index (χ1) is 16.5. The van der Waals surface area contributed by atoms with Gasteiger partial charge in [0, 0.05) is 12.5 Å². The van der Waals surface area contributed by atoms with E-state index in [-0.39, 0.29) is 5.97 Å². The minimum atomic E-state index is -6.72. The first-order valence-electron chi connectivity index (χ1n) is 11.0. The molecule has 0 radical (unpaired) electrons. The Morgan fingerprint density at radius 2 is 1.36 bits per heavy atom. The van der Waals surface area contributed by atoms with Gasteiger partial charge in [-0.15, -0.1) is 0 Å². The number of esters is 1. The largest absolute Gasteiger partial charge is 0.480 e. The number of hydrogen-bond acceptors (Lipinski definition) is 6. The second-order valence-corrected chi connectivity index (χ2v) is 10.9. The number of unbranched alkanes of at least 4 members (excludes halogenated alkanes) is 6. The first-order valence-corrected chi connectivity index (χ1v) is 13.9. The van der Waals surface area contributed by atoms with Crippen LogP contribution in [0.1, 0.15) is 75.6 Å². The fourth-order valence-electron chi connectivity index (χ4n) is 2.49. The van der Waals surface area contributed by atoms with Crippen molar-refractivity contribution in [1.82, 2.24) is 0 Å². The summed E-state index contributed by atoms with van der Waals surface area (Å²) >= 11 is 0. The molecule has 36 heavy (non-hydrogen) atoms. The number of carbonyl (C=O) groups is 1. The number of alkyl halides is 6. The number of carbonyl (C=O) groups excluding carboxylic acids is 1. The number of ether oxygens (including phenoxy) is 1. The highest BCUT2D eigenvalue weighted by Gasteiger charge is 2.46. The van der Waals surface area contributed by atoms with Gasteiger partial charge in [-0.05, 0) is 18.9 Å². The molecule has 0 spiro atoms. The summed E-state index contributed by atoms with van der Waals surface area (Å²) in [6.45, 7) is 5.89. The number of hydrogen-bond donors (Lipinski definition) is 0. The number of nitrogens with zero attached hydrogens (tertiary/aromatic N) is 2. The topological polar surface area (TPSA) is 113 Å². The summed E-state index contributed by atoms with van der Waals surface area (Å²) in [7, 11) is -13.4. The number of rotatable bonds is 13. The number of aryl methyl sites for hydroxylation is 1. The first kappa shape index (κ1) is 34.1. The zero-order chi connectivity index (χ0) is 28.0. The SMILES string of the molecule is CCCCCCOC(=O)c1ccc[n+](CCCCCC)c1.O=S(=O)([N-]S(=O)(=O)C(F)(F)F)C(F)(F)F. The normalized spacial score (nSPS) is 12.6. The van der Waals surface area contributed by atoms with Crippen molar-refractivity contribution in [2.45, 2.75) is 82.8 Å². The molecule has 16 heteroatoms. The fourth-order valence-corrected chi connectivity index (χ4v) is 4.20. The number of sulfonamides is 2. The molecule has 1 heterocycles. The molecule has 0 unspecified atom stereocenters. The van der Waals surface area contributed by atoms with Crippen LogP contribution in [0.5, 0.6) is 0 Å². The Bertz CT molecular complexity index is 970. The van der Waals surface area contributed by atoms with Crippen molar-refractivity contribution in [3.8, 4) is 0 Å². The van der Waals surface area contributed by atoms with E-state index in [1.807, 2.05) is 24.5 Å². The van der Waals surface area contributed by atoms with Gasteiger partial charge in [0.15, 0.2) is 32.4 Å². The molecular weight excluding hydrogens is 542 g/mol. The number of halogens is 6. The van der Waals surface area contributed by atoms with Gasteiger partial charge in [0.2, 0.25) is 0 Å². The Morgan fingerprint density at radius 1 is 0.861 bits per heavy atom. The van der Waals surface area contributed by atoms with Crippen LogP contribution in [0, 0.1) is 0 Å². The Labute approximate surface area is 207 Å². The number of pyridine rings is 1. The van der Waals surface area contributed by atoms with Gasteiger partial charge in [-0.3, -0.25) is 0 Å². The van der Waals surface area contributed by atoms with Gasteiger partial charge in [0.05, 0.1) is 6.61 Å². The van der Waals surface area contributed by atoms with E-state index in [9.17, 15) is 48.0 Å². The van der Waals surface area contributed by atoms with Crippen molar-refractivity contribution in [2.75, 3.05) is 6.61 Å². The quantitative estimate of drug-likeness (QED) is 0.136. The molecule has 0 aromatic carbocycles. The summed E-state index contributed by atoms with van der Waals surface area (Å²) in [6.07, 6.45) is 13.4. The predicted octanol–water partition coefficient (Wildman–Crippen LogP) is 5.35. The van der Waals surface area contributed by atoms with E-state index in [0.29, 0.717) is 12.2 Å². The van der Waals surface area contributed by atoms with E-state index in [1.54, 1.807) is 0 Å². The summed E-state index contributed by atoms with van der Waals surface area (Å²) in [5.74, 6) is -0.200. The Hall–Kier alpha value is -1.94. The maximum atomic E-state index is 12.0. The van der Waals surface area contributed by atoms with Gasteiger partial charge >= 0.3 is 17.0 Å². The van der Waals surface area contributed by atoms with Crippen molar-refractivity contribution in [3.05, 3.63) is 34.2 Å². The molecule has 0 N–H and O–H groups in total. The van der Waals surface area contributed by atoms with Crippen LogP contribution in [0.3, 0.4) is 0 Å². The molecule has 210 valence electrons. The summed E-state index contributed by atoms with van der Waals surface area (Å²) in [5.41, 5.74) is -11.8. The summed E-state index contributed by atoms with van der Waals surface area (Å²) in [6, 6.07) is 3.75. The third-order valence-corrected chi connectivity index (χ3v) is 7.12. The van der Waals surface area contributed by atoms with Gasteiger partial charge in [0.25, 0.3) is 0 Å². The zero-order valence-corrected chi connectivity index (χ0v) is 21.4. The van der Waals surface area contributed by atoms with Crippen LogP contribution in [0.25, 0.3) is 4.13 Å². The Balaban J connectivity index is 0.000000723. The molecule has 0 fully saturated rings. The average Bonchev–Trinajstić information content (AvgIpc) is 2.75. The highest BCUT2D eigenvalue weighted by molar-refractivity contribution is 8.13. The third kappa shape index (κ3) is 12.9. The van der Waals surface area contributed by atoms with Gasteiger partial charge < -0.3 is 8.86 Å². The third-order valence-electron chi connectivity index (χ3n) is 4.38. The van der Waals surface area contributed by atoms with Gasteiger partial charge in [0.1, 0.15) is 12.1 Å². The molecule has 8 nitrogen and oxygen atoms in total. The molecule has 0 aliphatic rings. The maximum absolute atomic E-state index is 12.0. The van der Waals surface area contributed by atoms with Crippen LogP contribution in [0.2, 0.25) is 0 Å². The van der Waals surface area contributed by atoms with E-state index >= 15 is 0 Å². The molecule has 0 saturated heterocycles. The van der Waals surface area contributed by atoms with Gasteiger partial charge in [-0.25, -0.2) is 26.2 Å². The van der Waals surface area contributed by atoms with Gasteiger partial charge in [-0.2, -0.15) is 26.3 Å². The fraction of sp³-hybridized carbons (Fsp3) is 0.700. The van der Waals surface area contributed by atoms with Crippen LogP contribution in [0.15, 0.2) is 24.5 Å². The monoisotopic (exact) mass is 572 g/mol. The molecule has 1 aromatic rings. The number of aromatic nitrogens is 1. The molecule has 0 aliphatic carbocycles. The molecule has 0 atom stereocenters. The molecule has 0 saturated carbocycles. The van der Waals surface area contributed by atoms with Crippen LogP contribution in [0.4, 0.5) is 26.3 Å². The van der Waals surface area contributed by atoms with E-state index in [0.717, 1.165) is 29.9 Å². The molecule has 1 aromatic heterocycles. The highest BCUT2D eigenvalue weighted by atomic mass is 32.3. The summed E-state index contributed by atoms with van der Waals surface area (Å²) in [5, 5.41) is 0. The van der Waals surface area contributed by atoms with Crippen LogP contribution in [-0.4, -0.2) is 40.4 Å². The second-order valence-electron chi connectivity index (χ2n) is 7.50. The summed E-state index contributed by atoms with van der Waals surface area (Å²) < 4.78 is 117. The average molecular weight is 573 g/mol. The lowest BCUT2D eigenvalue weighted by Crippen LogP contribution is -2.34. The van der Waals surface area contributed by atoms with Crippen LogP contribution >= 0.6 is 0 Å². The lowest BCUT2D eigenvalue weighted by atomic mass is 10.2. The van der Waals surface area contributed by atoms with E-state index in [4.69, 9.17) is 4.74 Å². The Morgan fingerprint density at radius 3 is 1.83 bits per heavy atom.